The molecule has 1 saturated carbocycles. The van der Waals surface area contributed by atoms with Crippen molar-refractivity contribution in [3.63, 3.8) is 0 Å². The second kappa shape index (κ2) is 5.19. The van der Waals surface area contributed by atoms with E-state index >= 15 is 0 Å². The first kappa shape index (κ1) is 14.4. The van der Waals surface area contributed by atoms with Crippen LogP contribution in [0, 0.1) is 23.7 Å². The van der Waals surface area contributed by atoms with Gasteiger partial charge in [-0.15, -0.1) is 0 Å². The van der Waals surface area contributed by atoms with E-state index in [0.717, 1.165) is 17.7 Å². The van der Waals surface area contributed by atoms with Crippen LogP contribution in [0.25, 0.3) is 0 Å². The smallest absolute Gasteiger partial charge is 0.224 e. The summed E-state index contributed by atoms with van der Waals surface area (Å²) < 4.78 is 0. The lowest BCUT2D eigenvalue weighted by atomic mass is 9.83. The molecule has 5 atom stereocenters. The quantitative estimate of drug-likeness (QED) is 0.802. The van der Waals surface area contributed by atoms with E-state index in [4.69, 9.17) is 0 Å². The third-order valence-corrected chi connectivity index (χ3v) is 5.71. The first-order valence-electron chi connectivity index (χ1n) is 8.36. The molecular weight excluding hydrogens is 286 g/mol. The summed E-state index contributed by atoms with van der Waals surface area (Å²) in [5.41, 5.74) is 2.03. The molecule has 3 nitrogen and oxygen atoms in total. The highest BCUT2D eigenvalue weighted by Crippen LogP contribution is 2.55. The molecule has 0 aliphatic heterocycles. The SMILES string of the molecule is CC(=O)N(C1=CC(=O)[C@H]2[C@@H]1[C@H]1C=C[C@@H]2C1)[C@H](C)c1ccccc1. The zero-order valence-electron chi connectivity index (χ0n) is 13.5. The summed E-state index contributed by atoms with van der Waals surface area (Å²) in [4.78, 5) is 26.7. The fourth-order valence-electron chi connectivity index (χ4n) is 4.74. The Morgan fingerprint density at radius 1 is 1.13 bits per heavy atom. The summed E-state index contributed by atoms with van der Waals surface area (Å²) in [7, 11) is 0. The summed E-state index contributed by atoms with van der Waals surface area (Å²) in [6, 6.07) is 9.97. The summed E-state index contributed by atoms with van der Waals surface area (Å²) in [6.07, 6.45) is 7.23. The Labute approximate surface area is 136 Å². The molecule has 3 aliphatic rings. The van der Waals surface area contributed by atoms with Gasteiger partial charge in [0.25, 0.3) is 0 Å². The molecule has 0 heterocycles. The molecule has 0 N–H and O–H groups in total. The van der Waals surface area contributed by atoms with Crippen molar-refractivity contribution >= 4 is 11.7 Å². The van der Waals surface area contributed by atoms with Gasteiger partial charge in [0.1, 0.15) is 0 Å². The maximum Gasteiger partial charge on any atom is 0.224 e. The number of fused-ring (bicyclic) bond motifs is 5. The van der Waals surface area contributed by atoms with Crippen LogP contribution in [0.3, 0.4) is 0 Å². The van der Waals surface area contributed by atoms with E-state index in [2.05, 4.69) is 12.2 Å². The maximum atomic E-state index is 12.5. The van der Waals surface area contributed by atoms with Crippen LogP contribution in [0.1, 0.15) is 31.9 Å². The topological polar surface area (TPSA) is 37.4 Å². The molecule has 3 heteroatoms. The third-order valence-electron chi connectivity index (χ3n) is 5.71. The van der Waals surface area contributed by atoms with Gasteiger partial charge < -0.3 is 4.90 Å². The Morgan fingerprint density at radius 3 is 2.43 bits per heavy atom. The Bertz CT molecular complexity index is 718. The lowest BCUT2D eigenvalue weighted by molar-refractivity contribution is -0.129. The molecule has 1 aromatic rings. The van der Waals surface area contributed by atoms with Crippen LogP contribution in [0.5, 0.6) is 0 Å². The highest BCUT2D eigenvalue weighted by atomic mass is 16.2. The van der Waals surface area contributed by atoms with Gasteiger partial charge in [-0.25, -0.2) is 0 Å². The number of amides is 1. The zero-order valence-corrected chi connectivity index (χ0v) is 13.5. The number of nitrogens with zero attached hydrogens (tertiary/aromatic N) is 1. The van der Waals surface area contributed by atoms with E-state index in [-0.39, 0.29) is 29.6 Å². The minimum atomic E-state index is -0.0605. The van der Waals surface area contributed by atoms with E-state index in [1.54, 1.807) is 13.0 Å². The van der Waals surface area contributed by atoms with E-state index in [1.807, 2.05) is 42.2 Å². The number of rotatable bonds is 3. The highest BCUT2D eigenvalue weighted by molar-refractivity contribution is 5.97. The van der Waals surface area contributed by atoms with Crippen LogP contribution in [0.15, 0.2) is 54.3 Å². The molecule has 0 radical (unpaired) electrons. The van der Waals surface area contributed by atoms with Gasteiger partial charge in [-0.05, 0) is 30.7 Å². The summed E-state index contributed by atoms with van der Waals surface area (Å²) >= 11 is 0. The van der Waals surface area contributed by atoms with Crippen molar-refractivity contribution in [1.29, 1.82) is 0 Å². The second-order valence-corrected chi connectivity index (χ2v) is 6.95. The molecule has 0 aromatic heterocycles. The molecule has 23 heavy (non-hydrogen) atoms. The van der Waals surface area contributed by atoms with E-state index in [0.29, 0.717) is 11.8 Å². The summed E-state index contributed by atoms with van der Waals surface area (Å²) in [5, 5.41) is 0. The average molecular weight is 307 g/mol. The van der Waals surface area contributed by atoms with Crippen molar-refractivity contribution in [2.45, 2.75) is 26.3 Å². The van der Waals surface area contributed by atoms with Crippen molar-refractivity contribution in [3.05, 3.63) is 59.8 Å². The van der Waals surface area contributed by atoms with Crippen LogP contribution in [0.2, 0.25) is 0 Å². The number of carbonyl (C=O) groups excluding carboxylic acids is 2. The van der Waals surface area contributed by atoms with Crippen LogP contribution in [-0.2, 0) is 9.59 Å². The van der Waals surface area contributed by atoms with E-state index in [1.165, 1.54) is 0 Å². The van der Waals surface area contributed by atoms with E-state index in [9.17, 15) is 9.59 Å². The predicted octanol–water partition coefficient (Wildman–Crippen LogP) is 3.50. The Kier molecular flexibility index (Phi) is 3.26. The normalized spacial score (nSPS) is 31.9. The van der Waals surface area contributed by atoms with Gasteiger partial charge in [0, 0.05) is 30.5 Å². The van der Waals surface area contributed by atoms with Crippen LogP contribution < -0.4 is 0 Å². The van der Waals surface area contributed by atoms with Crippen molar-refractivity contribution in [1.82, 2.24) is 4.90 Å². The molecular formula is C20H21NO2. The number of allylic oxidation sites excluding steroid dienone is 4. The molecule has 1 aromatic carbocycles. The largest absolute Gasteiger partial charge is 0.309 e. The third kappa shape index (κ3) is 2.10. The first-order valence-corrected chi connectivity index (χ1v) is 8.36. The van der Waals surface area contributed by atoms with Gasteiger partial charge in [-0.1, -0.05) is 42.5 Å². The number of hydrogen-bond acceptors (Lipinski definition) is 2. The molecule has 0 saturated heterocycles. The van der Waals surface area contributed by atoms with Gasteiger partial charge in [0.15, 0.2) is 5.78 Å². The van der Waals surface area contributed by atoms with Gasteiger partial charge in [0.05, 0.1) is 6.04 Å². The van der Waals surface area contributed by atoms with Gasteiger partial charge in [0.2, 0.25) is 5.91 Å². The monoisotopic (exact) mass is 307 g/mol. The predicted molar refractivity (Wildman–Crippen MR) is 88.2 cm³/mol. The molecule has 1 amide bonds. The van der Waals surface area contributed by atoms with Crippen LogP contribution in [0.4, 0.5) is 0 Å². The van der Waals surface area contributed by atoms with Crippen LogP contribution >= 0.6 is 0 Å². The number of benzene rings is 1. The minimum Gasteiger partial charge on any atom is -0.309 e. The Morgan fingerprint density at radius 2 is 1.78 bits per heavy atom. The van der Waals surface area contributed by atoms with Crippen molar-refractivity contribution in [2.24, 2.45) is 23.7 Å². The molecule has 2 bridgehead atoms. The summed E-state index contributed by atoms with van der Waals surface area (Å²) in [5.74, 6) is 1.23. The first-order chi connectivity index (χ1) is 11.1. The summed E-state index contributed by atoms with van der Waals surface area (Å²) in [6.45, 7) is 3.64. The molecule has 3 aliphatic carbocycles. The Hall–Kier alpha value is -2.16. The highest BCUT2D eigenvalue weighted by Gasteiger charge is 2.54. The van der Waals surface area contributed by atoms with Crippen molar-refractivity contribution in [2.75, 3.05) is 0 Å². The standard InChI is InChI=1S/C20H21NO2/c1-12(14-6-4-3-5-7-14)21(13(2)22)17-11-18(23)20-16-9-8-15(10-16)19(17)20/h3-9,11-12,15-16,19-20H,10H2,1-2H3/t12-,15+,16-,19-,20+/m1/s1. The molecule has 118 valence electrons. The fraction of sp³-hybridized carbons (Fsp3) is 0.400. The van der Waals surface area contributed by atoms with Gasteiger partial charge in [-0.3, -0.25) is 9.59 Å². The number of hydrogen-bond donors (Lipinski definition) is 0. The fourth-order valence-corrected chi connectivity index (χ4v) is 4.74. The van der Waals surface area contributed by atoms with E-state index < -0.39 is 0 Å². The number of carbonyl (C=O) groups is 2. The van der Waals surface area contributed by atoms with Gasteiger partial charge in [-0.2, -0.15) is 0 Å². The Balaban J connectivity index is 1.71. The second-order valence-electron chi connectivity index (χ2n) is 6.95. The van der Waals surface area contributed by atoms with Crippen LogP contribution in [-0.4, -0.2) is 16.6 Å². The zero-order chi connectivity index (χ0) is 16.1. The average Bonchev–Trinajstić information content (AvgIpc) is 3.22. The molecule has 0 unspecified atom stereocenters. The maximum absolute atomic E-state index is 12.5. The van der Waals surface area contributed by atoms with Crippen molar-refractivity contribution < 1.29 is 9.59 Å². The lowest BCUT2D eigenvalue weighted by Crippen LogP contribution is -2.35. The minimum absolute atomic E-state index is 0.00723. The van der Waals surface area contributed by atoms with Gasteiger partial charge >= 0.3 is 0 Å². The molecule has 0 spiro atoms. The number of ketones is 1. The lowest BCUT2D eigenvalue weighted by Gasteiger charge is -2.34. The molecule has 4 rings (SSSR count). The molecule has 1 fully saturated rings. The van der Waals surface area contributed by atoms with Crippen molar-refractivity contribution in [3.8, 4) is 0 Å².